The third kappa shape index (κ3) is 3.57. The summed E-state index contributed by atoms with van der Waals surface area (Å²) in [7, 11) is 0. The van der Waals surface area contributed by atoms with Gasteiger partial charge in [-0.05, 0) is 24.4 Å². The highest BCUT2D eigenvalue weighted by Crippen LogP contribution is 2.29. The number of H-pyrrole nitrogens is 1. The van der Waals surface area contributed by atoms with Gasteiger partial charge in [0.15, 0.2) is 4.77 Å². The van der Waals surface area contributed by atoms with E-state index in [-0.39, 0.29) is 36.7 Å². The predicted octanol–water partition coefficient (Wildman–Crippen LogP) is 0.936. The molecule has 0 fully saturated rings. The number of nitrogens with one attached hydrogen (secondary N) is 1. The summed E-state index contributed by atoms with van der Waals surface area (Å²) in [5.74, 6) is 0.540. The molecule has 1 aromatic heterocycles. The molecule has 0 bridgehead atoms. The van der Waals surface area contributed by atoms with E-state index in [9.17, 15) is 9.90 Å². The molecular formula is C14H16N2O4S. The van der Waals surface area contributed by atoms with Gasteiger partial charge in [-0.25, -0.2) is 0 Å². The van der Waals surface area contributed by atoms with Gasteiger partial charge in [0, 0.05) is 18.2 Å². The molecule has 21 heavy (non-hydrogen) atoms. The van der Waals surface area contributed by atoms with Crippen molar-refractivity contribution >= 4 is 12.2 Å². The fourth-order valence-electron chi connectivity index (χ4n) is 2.03. The van der Waals surface area contributed by atoms with Crippen LogP contribution in [0.1, 0.15) is 0 Å². The van der Waals surface area contributed by atoms with Gasteiger partial charge in [0.1, 0.15) is 12.4 Å². The normalized spacial score (nSPS) is 10.6. The molecule has 3 N–H and O–H groups in total. The first-order valence-corrected chi connectivity index (χ1v) is 6.86. The Bertz CT molecular complexity index is 723. The number of hydrogen-bond acceptors (Lipinski definition) is 5. The summed E-state index contributed by atoms with van der Waals surface area (Å²) in [6.07, 6.45) is 0. The molecule has 0 aliphatic rings. The number of aliphatic hydroxyl groups is 2. The fourth-order valence-corrected chi connectivity index (χ4v) is 2.32. The Hall–Kier alpha value is -1.96. The number of hydrogen-bond donors (Lipinski definition) is 3. The number of aromatic amines is 1. The minimum absolute atomic E-state index is 0.104. The van der Waals surface area contributed by atoms with Crippen LogP contribution < -0.4 is 10.3 Å². The van der Waals surface area contributed by atoms with E-state index in [1.807, 2.05) is 6.07 Å². The molecule has 1 heterocycles. The summed E-state index contributed by atoms with van der Waals surface area (Å²) in [5, 5.41) is 18.1. The van der Waals surface area contributed by atoms with Gasteiger partial charge < -0.3 is 19.5 Å². The van der Waals surface area contributed by atoms with Crippen LogP contribution in [0.25, 0.3) is 11.3 Å². The fraction of sp³-hybridized carbons (Fsp3) is 0.286. The minimum Gasteiger partial charge on any atom is -0.490 e. The van der Waals surface area contributed by atoms with Gasteiger partial charge in [0.25, 0.3) is 5.56 Å². The third-order valence-corrected chi connectivity index (χ3v) is 3.19. The van der Waals surface area contributed by atoms with Crippen LogP contribution in [0.15, 0.2) is 35.1 Å². The van der Waals surface area contributed by atoms with Gasteiger partial charge in [0.05, 0.1) is 18.9 Å². The first-order chi connectivity index (χ1) is 10.2. The number of para-hydroxylation sites is 1. The van der Waals surface area contributed by atoms with Crippen LogP contribution in [-0.2, 0) is 6.54 Å². The van der Waals surface area contributed by atoms with Crippen LogP contribution in [0.5, 0.6) is 5.75 Å². The molecule has 0 saturated carbocycles. The Labute approximate surface area is 126 Å². The van der Waals surface area contributed by atoms with Crippen molar-refractivity contribution in [3.63, 3.8) is 0 Å². The molecule has 6 nitrogen and oxygen atoms in total. The van der Waals surface area contributed by atoms with Crippen molar-refractivity contribution in [1.82, 2.24) is 9.55 Å². The van der Waals surface area contributed by atoms with Gasteiger partial charge in [-0.2, -0.15) is 0 Å². The largest absolute Gasteiger partial charge is 0.490 e. The van der Waals surface area contributed by atoms with Gasteiger partial charge in [-0.3, -0.25) is 9.78 Å². The number of aliphatic hydroxyl groups excluding tert-OH is 2. The average molecular weight is 308 g/mol. The molecule has 2 aromatic rings. The average Bonchev–Trinajstić information content (AvgIpc) is 2.48. The Morgan fingerprint density at radius 3 is 2.71 bits per heavy atom. The molecule has 7 heteroatoms. The lowest BCUT2D eigenvalue weighted by atomic mass is 10.1. The molecule has 1 aromatic carbocycles. The lowest BCUT2D eigenvalue weighted by molar-refractivity contribution is 0.202. The van der Waals surface area contributed by atoms with E-state index in [4.69, 9.17) is 22.1 Å². The Morgan fingerprint density at radius 1 is 1.24 bits per heavy atom. The van der Waals surface area contributed by atoms with Crippen molar-refractivity contribution in [3.8, 4) is 17.0 Å². The van der Waals surface area contributed by atoms with Crippen LogP contribution in [0.4, 0.5) is 0 Å². The maximum atomic E-state index is 11.7. The van der Waals surface area contributed by atoms with E-state index < -0.39 is 0 Å². The molecule has 0 amide bonds. The summed E-state index contributed by atoms with van der Waals surface area (Å²) in [4.78, 5) is 14.2. The van der Waals surface area contributed by atoms with Crippen LogP contribution in [0.2, 0.25) is 0 Å². The van der Waals surface area contributed by atoms with Crippen molar-refractivity contribution in [3.05, 3.63) is 45.5 Å². The second kappa shape index (κ2) is 7.16. The molecule has 0 aliphatic carbocycles. The van der Waals surface area contributed by atoms with Crippen molar-refractivity contribution in [2.24, 2.45) is 0 Å². The Kier molecular flexibility index (Phi) is 5.26. The highest BCUT2D eigenvalue weighted by atomic mass is 32.1. The summed E-state index contributed by atoms with van der Waals surface area (Å²) in [6.45, 7) is 0.208. The van der Waals surface area contributed by atoms with E-state index in [1.165, 1.54) is 6.07 Å². The number of benzene rings is 1. The zero-order valence-electron chi connectivity index (χ0n) is 11.3. The smallest absolute Gasteiger partial charge is 0.252 e. The summed E-state index contributed by atoms with van der Waals surface area (Å²) >= 11 is 5.14. The van der Waals surface area contributed by atoms with Crippen molar-refractivity contribution < 1.29 is 14.9 Å². The molecule has 0 unspecified atom stereocenters. The molecule has 0 atom stereocenters. The first-order valence-electron chi connectivity index (χ1n) is 6.45. The molecule has 0 spiro atoms. The Morgan fingerprint density at radius 2 is 2.00 bits per heavy atom. The Balaban J connectivity index is 2.61. The zero-order valence-corrected chi connectivity index (χ0v) is 12.1. The predicted molar refractivity (Wildman–Crippen MR) is 81.0 cm³/mol. The zero-order chi connectivity index (χ0) is 15.2. The SMILES string of the molecule is O=c1cc(-c2ccccc2OCCO)n(CCO)c(=S)[nH]1. The molecule has 0 aliphatic heterocycles. The number of ether oxygens (including phenoxy) is 1. The topological polar surface area (TPSA) is 87.5 Å². The second-order valence-electron chi connectivity index (χ2n) is 4.27. The lowest BCUT2D eigenvalue weighted by Crippen LogP contribution is -2.16. The summed E-state index contributed by atoms with van der Waals surface area (Å²) in [6, 6.07) is 8.57. The highest BCUT2D eigenvalue weighted by molar-refractivity contribution is 7.71. The molecule has 112 valence electrons. The van der Waals surface area contributed by atoms with E-state index in [0.717, 1.165) is 0 Å². The summed E-state index contributed by atoms with van der Waals surface area (Å²) in [5.41, 5.74) is 0.920. The molecule has 0 radical (unpaired) electrons. The molecular weight excluding hydrogens is 292 g/mol. The van der Waals surface area contributed by atoms with Crippen LogP contribution in [0.3, 0.4) is 0 Å². The van der Waals surface area contributed by atoms with E-state index in [0.29, 0.717) is 17.0 Å². The minimum atomic E-state index is -0.318. The van der Waals surface area contributed by atoms with Crippen LogP contribution >= 0.6 is 12.2 Å². The standard InChI is InChI=1S/C14H16N2O4S/c17-6-5-16-11(9-13(19)15-14(16)21)10-3-1-2-4-12(10)20-8-7-18/h1-4,9,17-18H,5-8H2,(H,15,19,21). The highest BCUT2D eigenvalue weighted by Gasteiger charge is 2.11. The maximum absolute atomic E-state index is 11.7. The van der Waals surface area contributed by atoms with Crippen molar-refractivity contribution in [2.45, 2.75) is 6.54 Å². The maximum Gasteiger partial charge on any atom is 0.252 e. The van der Waals surface area contributed by atoms with Gasteiger partial charge in [-0.15, -0.1) is 0 Å². The van der Waals surface area contributed by atoms with Crippen LogP contribution in [-0.4, -0.2) is 39.6 Å². The van der Waals surface area contributed by atoms with Crippen molar-refractivity contribution in [1.29, 1.82) is 0 Å². The molecule has 2 rings (SSSR count). The van der Waals surface area contributed by atoms with Gasteiger partial charge in [0.2, 0.25) is 0 Å². The van der Waals surface area contributed by atoms with E-state index in [1.54, 1.807) is 22.8 Å². The number of rotatable bonds is 6. The summed E-state index contributed by atoms with van der Waals surface area (Å²) < 4.78 is 7.36. The quantitative estimate of drug-likeness (QED) is 0.691. The number of aromatic nitrogens is 2. The second-order valence-corrected chi connectivity index (χ2v) is 4.65. The number of nitrogens with zero attached hydrogens (tertiary/aromatic N) is 1. The van der Waals surface area contributed by atoms with Crippen LogP contribution in [0, 0.1) is 4.77 Å². The van der Waals surface area contributed by atoms with Gasteiger partial charge in [-0.1, -0.05) is 12.1 Å². The van der Waals surface area contributed by atoms with Gasteiger partial charge >= 0.3 is 0 Å². The molecule has 0 saturated heterocycles. The third-order valence-electron chi connectivity index (χ3n) is 2.87. The van der Waals surface area contributed by atoms with E-state index in [2.05, 4.69) is 4.98 Å². The van der Waals surface area contributed by atoms with Crippen molar-refractivity contribution in [2.75, 3.05) is 19.8 Å². The van der Waals surface area contributed by atoms with E-state index >= 15 is 0 Å². The first kappa shape index (κ1) is 15.4. The lowest BCUT2D eigenvalue weighted by Gasteiger charge is -2.15. The monoisotopic (exact) mass is 308 g/mol.